The lowest BCUT2D eigenvalue weighted by Crippen LogP contribution is -2.20. The van der Waals surface area contributed by atoms with Gasteiger partial charge >= 0.3 is 0 Å². The molecular formula is C18H17ClFN5O3S. The largest absolute Gasteiger partial charge is 0.494 e. The third-order valence-electron chi connectivity index (χ3n) is 3.86. The lowest BCUT2D eigenvalue weighted by atomic mass is 10.2. The van der Waals surface area contributed by atoms with Gasteiger partial charge in [0.25, 0.3) is 0 Å². The van der Waals surface area contributed by atoms with Crippen LogP contribution in [0.1, 0.15) is 0 Å². The molecule has 3 aromatic rings. The predicted octanol–water partition coefficient (Wildman–Crippen LogP) is 3.67. The van der Waals surface area contributed by atoms with Crippen molar-refractivity contribution >= 4 is 44.6 Å². The predicted molar refractivity (Wildman–Crippen MR) is 109 cm³/mol. The van der Waals surface area contributed by atoms with E-state index in [4.69, 9.17) is 16.3 Å². The summed E-state index contributed by atoms with van der Waals surface area (Å²) in [4.78, 5) is 7.72. The number of aromatic nitrogens is 2. The number of nitrogens with zero attached hydrogens (tertiary/aromatic N) is 2. The van der Waals surface area contributed by atoms with E-state index in [1.54, 1.807) is 30.3 Å². The summed E-state index contributed by atoms with van der Waals surface area (Å²) in [7, 11) is -1.45. The number of anilines is 4. The molecule has 0 fully saturated rings. The minimum absolute atomic E-state index is 0.114. The summed E-state index contributed by atoms with van der Waals surface area (Å²) in [6.45, 7) is 0. The summed E-state index contributed by atoms with van der Waals surface area (Å²) in [5, 5.41) is 6.63. The molecule has 8 nitrogen and oxygen atoms in total. The van der Waals surface area contributed by atoms with Crippen molar-refractivity contribution in [2.24, 2.45) is 0 Å². The Morgan fingerprint density at radius 1 is 1.03 bits per heavy atom. The molecule has 29 heavy (non-hydrogen) atoms. The molecule has 11 heteroatoms. The Balaban J connectivity index is 1.91. The van der Waals surface area contributed by atoms with Crippen LogP contribution in [0.5, 0.6) is 5.75 Å². The zero-order valence-corrected chi connectivity index (χ0v) is 17.0. The van der Waals surface area contributed by atoms with Crippen LogP contribution in [-0.2, 0) is 10.0 Å². The average molecular weight is 438 g/mol. The SMILES string of the molecule is CNS(=O)(=O)c1cc(Nc2cc(Nc3ccc(Cl)cc3)ncn2)c(OC)cc1F. The molecule has 0 aliphatic carbocycles. The fraction of sp³-hybridized carbons (Fsp3) is 0.111. The molecule has 152 valence electrons. The van der Waals surface area contributed by atoms with E-state index in [1.165, 1.54) is 20.5 Å². The molecule has 3 N–H and O–H groups in total. The van der Waals surface area contributed by atoms with Crippen LogP contribution in [0.3, 0.4) is 0 Å². The number of rotatable bonds is 7. The first-order chi connectivity index (χ1) is 13.8. The van der Waals surface area contributed by atoms with Gasteiger partial charge in [-0.05, 0) is 37.4 Å². The van der Waals surface area contributed by atoms with Gasteiger partial charge in [0, 0.05) is 22.8 Å². The molecule has 1 aromatic heterocycles. The monoisotopic (exact) mass is 437 g/mol. The Hall–Kier alpha value is -2.95. The number of ether oxygens (including phenoxy) is 1. The minimum Gasteiger partial charge on any atom is -0.494 e. The van der Waals surface area contributed by atoms with Gasteiger partial charge in [-0.2, -0.15) is 0 Å². The quantitative estimate of drug-likeness (QED) is 0.517. The maximum absolute atomic E-state index is 14.2. The van der Waals surface area contributed by atoms with Crippen LogP contribution in [-0.4, -0.2) is 32.5 Å². The van der Waals surface area contributed by atoms with E-state index in [9.17, 15) is 12.8 Å². The standard InChI is InChI=1S/C18H17ClFN5O3S/c1-21-29(26,27)16-8-14(15(28-2)7-13(16)20)25-18-9-17(22-10-23-18)24-12-5-3-11(19)4-6-12/h3-10,21H,1-2H3,(H2,22,23,24,25). The smallest absolute Gasteiger partial charge is 0.243 e. The van der Waals surface area contributed by atoms with Gasteiger partial charge in [0.2, 0.25) is 10.0 Å². The number of nitrogens with one attached hydrogen (secondary N) is 3. The summed E-state index contributed by atoms with van der Waals surface area (Å²) in [5.41, 5.74) is 0.986. The van der Waals surface area contributed by atoms with Gasteiger partial charge in [0.1, 0.15) is 34.4 Å². The fourth-order valence-corrected chi connectivity index (χ4v) is 3.37. The molecule has 3 rings (SSSR count). The Labute approximate surface area is 172 Å². The third-order valence-corrected chi connectivity index (χ3v) is 5.54. The molecule has 0 saturated heterocycles. The van der Waals surface area contributed by atoms with Crippen LogP contribution in [0, 0.1) is 5.82 Å². The highest BCUT2D eigenvalue weighted by molar-refractivity contribution is 7.89. The normalized spacial score (nSPS) is 11.2. The molecule has 0 aliphatic rings. The van der Waals surface area contributed by atoms with Crippen molar-refractivity contribution < 1.29 is 17.5 Å². The molecule has 0 unspecified atom stereocenters. The lowest BCUT2D eigenvalue weighted by Gasteiger charge is -2.14. The van der Waals surface area contributed by atoms with Crippen molar-refractivity contribution in [3.05, 3.63) is 59.6 Å². The first kappa shape index (κ1) is 20.8. The van der Waals surface area contributed by atoms with E-state index in [-0.39, 0.29) is 11.4 Å². The van der Waals surface area contributed by atoms with E-state index >= 15 is 0 Å². The molecule has 0 amide bonds. The molecular weight excluding hydrogens is 421 g/mol. The van der Waals surface area contributed by atoms with Gasteiger partial charge in [-0.1, -0.05) is 11.6 Å². The highest BCUT2D eigenvalue weighted by atomic mass is 35.5. The van der Waals surface area contributed by atoms with Gasteiger partial charge in [0.15, 0.2) is 0 Å². The van der Waals surface area contributed by atoms with Gasteiger partial charge in [-0.15, -0.1) is 0 Å². The summed E-state index contributed by atoms with van der Waals surface area (Å²) in [6.07, 6.45) is 1.32. The zero-order chi connectivity index (χ0) is 21.0. The topological polar surface area (TPSA) is 105 Å². The minimum atomic E-state index is -4.00. The van der Waals surface area contributed by atoms with Crippen molar-refractivity contribution in [3.8, 4) is 5.75 Å². The summed E-state index contributed by atoms with van der Waals surface area (Å²) in [6, 6.07) is 10.8. The Morgan fingerprint density at radius 3 is 2.31 bits per heavy atom. The van der Waals surface area contributed by atoms with E-state index in [2.05, 4.69) is 25.3 Å². The highest BCUT2D eigenvalue weighted by Gasteiger charge is 2.21. The number of benzene rings is 2. The molecule has 0 radical (unpaired) electrons. The lowest BCUT2D eigenvalue weighted by molar-refractivity contribution is 0.412. The number of methoxy groups -OCH3 is 1. The van der Waals surface area contributed by atoms with Crippen molar-refractivity contribution in [1.82, 2.24) is 14.7 Å². The highest BCUT2D eigenvalue weighted by Crippen LogP contribution is 2.32. The molecule has 0 saturated carbocycles. The van der Waals surface area contributed by atoms with Crippen molar-refractivity contribution in [2.75, 3.05) is 24.8 Å². The van der Waals surface area contributed by atoms with Crippen LogP contribution in [0.2, 0.25) is 5.02 Å². The first-order valence-electron chi connectivity index (χ1n) is 8.25. The Morgan fingerprint density at radius 2 is 1.69 bits per heavy atom. The zero-order valence-electron chi connectivity index (χ0n) is 15.4. The van der Waals surface area contributed by atoms with Gasteiger partial charge in [0.05, 0.1) is 12.8 Å². The van der Waals surface area contributed by atoms with Crippen molar-refractivity contribution in [2.45, 2.75) is 4.90 Å². The van der Waals surface area contributed by atoms with Crippen LogP contribution < -0.4 is 20.1 Å². The Kier molecular flexibility index (Phi) is 6.16. The second-order valence-corrected chi connectivity index (χ2v) is 8.03. The number of halogens is 2. The second kappa shape index (κ2) is 8.60. The summed E-state index contributed by atoms with van der Waals surface area (Å²) in [5.74, 6) is 0.000977. The molecule has 2 aromatic carbocycles. The van der Waals surface area contributed by atoms with Crippen molar-refractivity contribution in [1.29, 1.82) is 0 Å². The molecule has 1 heterocycles. The fourth-order valence-electron chi connectivity index (χ4n) is 2.43. The van der Waals surface area contributed by atoms with E-state index in [0.717, 1.165) is 17.8 Å². The summed E-state index contributed by atoms with van der Waals surface area (Å²) < 4.78 is 45.5. The third kappa shape index (κ3) is 4.91. The maximum atomic E-state index is 14.2. The van der Waals surface area contributed by atoms with E-state index < -0.39 is 20.7 Å². The van der Waals surface area contributed by atoms with Crippen LogP contribution >= 0.6 is 11.6 Å². The van der Waals surface area contributed by atoms with Crippen LogP contribution in [0.15, 0.2) is 53.7 Å². The first-order valence-corrected chi connectivity index (χ1v) is 10.1. The number of hydrogen-bond donors (Lipinski definition) is 3. The van der Waals surface area contributed by atoms with Crippen LogP contribution in [0.4, 0.5) is 27.4 Å². The van der Waals surface area contributed by atoms with Crippen molar-refractivity contribution in [3.63, 3.8) is 0 Å². The second-order valence-electron chi connectivity index (χ2n) is 5.74. The summed E-state index contributed by atoms with van der Waals surface area (Å²) >= 11 is 5.88. The van der Waals surface area contributed by atoms with Gasteiger partial charge in [-0.3, -0.25) is 0 Å². The Bertz CT molecular complexity index is 1130. The molecule has 0 atom stereocenters. The molecule has 0 spiro atoms. The molecule has 0 bridgehead atoms. The molecule has 0 aliphatic heterocycles. The van der Waals surface area contributed by atoms with Crippen LogP contribution in [0.25, 0.3) is 0 Å². The number of sulfonamides is 1. The van der Waals surface area contributed by atoms with E-state index in [1.807, 2.05) is 0 Å². The maximum Gasteiger partial charge on any atom is 0.243 e. The average Bonchev–Trinajstić information content (AvgIpc) is 2.71. The van der Waals surface area contributed by atoms with Gasteiger partial charge in [-0.25, -0.2) is 27.5 Å². The van der Waals surface area contributed by atoms with Gasteiger partial charge < -0.3 is 15.4 Å². The number of hydrogen-bond acceptors (Lipinski definition) is 7. The van der Waals surface area contributed by atoms with E-state index in [0.29, 0.717) is 16.7 Å².